The van der Waals surface area contributed by atoms with Crippen LogP contribution in [0, 0.1) is 6.92 Å². The number of aromatic nitrogens is 2. The second-order valence-electron chi connectivity index (χ2n) is 5.06. The van der Waals surface area contributed by atoms with E-state index in [1.165, 1.54) is 11.3 Å². The predicted octanol–water partition coefficient (Wildman–Crippen LogP) is 3.51. The third-order valence-corrected chi connectivity index (χ3v) is 4.39. The summed E-state index contributed by atoms with van der Waals surface area (Å²) in [5, 5.41) is 5.58. The van der Waals surface area contributed by atoms with Gasteiger partial charge in [0, 0.05) is 23.3 Å². The number of aryl methyl sites for hydroxylation is 1. The number of anilines is 1. The van der Waals surface area contributed by atoms with Gasteiger partial charge in [0.1, 0.15) is 5.69 Å². The minimum Gasteiger partial charge on any atom is -0.493 e. The van der Waals surface area contributed by atoms with Crippen molar-refractivity contribution >= 4 is 22.9 Å². The van der Waals surface area contributed by atoms with Crippen molar-refractivity contribution in [3.05, 3.63) is 53.3 Å². The smallest absolute Gasteiger partial charge is 0.272 e. The SMILES string of the molecule is COc1ccc(NC(=O)c2cccn2-c2nc(C)cs2)cc1OC. The standard InChI is InChI=1S/C17H17N3O3S/c1-11-10-24-17(18-11)20-8-4-5-13(20)16(21)19-12-6-7-14(22-2)15(9-12)23-3/h4-10H,1-3H3,(H,19,21). The maximum atomic E-state index is 12.6. The number of methoxy groups -OCH3 is 2. The number of carbonyl (C=O) groups is 1. The van der Waals surface area contributed by atoms with Gasteiger partial charge in [-0.3, -0.25) is 9.36 Å². The lowest BCUT2D eigenvalue weighted by Crippen LogP contribution is -2.16. The van der Waals surface area contributed by atoms with E-state index < -0.39 is 0 Å². The molecule has 0 saturated heterocycles. The molecule has 1 N–H and O–H groups in total. The Kier molecular flexibility index (Phi) is 4.52. The topological polar surface area (TPSA) is 65.4 Å². The van der Waals surface area contributed by atoms with E-state index in [0.29, 0.717) is 22.9 Å². The molecule has 6 nitrogen and oxygen atoms in total. The van der Waals surface area contributed by atoms with E-state index >= 15 is 0 Å². The Morgan fingerprint density at radius 1 is 1.21 bits per heavy atom. The Bertz CT molecular complexity index is 870. The number of hydrogen-bond acceptors (Lipinski definition) is 5. The third-order valence-electron chi connectivity index (χ3n) is 3.44. The largest absolute Gasteiger partial charge is 0.493 e. The number of ether oxygens (including phenoxy) is 2. The molecule has 7 heteroatoms. The lowest BCUT2D eigenvalue weighted by Gasteiger charge is -2.11. The highest BCUT2D eigenvalue weighted by Gasteiger charge is 2.15. The fraction of sp³-hybridized carbons (Fsp3) is 0.176. The van der Waals surface area contributed by atoms with Crippen molar-refractivity contribution in [3.63, 3.8) is 0 Å². The van der Waals surface area contributed by atoms with Gasteiger partial charge >= 0.3 is 0 Å². The zero-order chi connectivity index (χ0) is 17.1. The van der Waals surface area contributed by atoms with Gasteiger partial charge in [0.25, 0.3) is 5.91 Å². The van der Waals surface area contributed by atoms with E-state index in [2.05, 4.69) is 10.3 Å². The second-order valence-corrected chi connectivity index (χ2v) is 5.90. The minimum atomic E-state index is -0.222. The van der Waals surface area contributed by atoms with Crippen LogP contribution in [-0.2, 0) is 0 Å². The third kappa shape index (κ3) is 3.11. The van der Waals surface area contributed by atoms with Crippen LogP contribution in [0.3, 0.4) is 0 Å². The number of hydrogen-bond donors (Lipinski definition) is 1. The molecule has 1 aromatic carbocycles. The molecule has 0 saturated carbocycles. The van der Waals surface area contributed by atoms with Crippen LogP contribution in [0.25, 0.3) is 5.13 Å². The van der Waals surface area contributed by atoms with E-state index in [0.717, 1.165) is 10.8 Å². The molecule has 3 aromatic rings. The van der Waals surface area contributed by atoms with E-state index in [9.17, 15) is 4.79 Å². The fourth-order valence-electron chi connectivity index (χ4n) is 2.29. The number of rotatable bonds is 5. The van der Waals surface area contributed by atoms with E-state index in [1.807, 2.05) is 24.6 Å². The predicted molar refractivity (Wildman–Crippen MR) is 93.7 cm³/mol. The van der Waals surface area contributed by atoms with Crippen LogP contribution in [0.15, 0.2) is 41.9 Å². The van der Waals surface area contributed by atoms with Gasteiger partial charge < -0.3 is 14.8 Å². The van der Waals surface area contributed by atoms with Crippen molar-refractivity contribution in [3.8, 4) is 16.6 Å². The molecule has 0 aliphatic rings. The van der Waals surface area contributed by atoms with Gasteiger partial charge in [0.05, 0.1) is 19.9 Å². The van der Waals surface area contributed by atoms with Crippen LogP contribution in [0.5, 0.6) is 11.5 Å². The molecule has 0 fully saturated rings. The molecule has 124 valence electrons. The first kappa shape index (κ1) is 16.1. The summed E-state index contributed by atoms with van der Waals surface area (Å²) >= 11 is 1.49. The Morgan fingerprint density at radius 2 is 2.00 bits per heavy atom. The van der Waals surface area contributed by atoms with Gasteiger partial charge in [-0.2, -0.15) is 0 Å². The first-order valence-electron chi connectivity index (χ1n) is 7.25. The zero-order valence-electron chi connectivity index (χ0n) is 13.6. The van der Waals surface area contributed by atoms with E-state index in [1.54, 1.807) is 43.1 Å². The maximum Gasteiger partial charge on any atom is 0.272 e. The number of nitrogens with one attached hydrogen (secondary N) is 1. The Hall–Kier alpha value is -2.80. The van der Waals surface area contributed by atoms with Crippen molar-refractivity contribution < 1.29 is 14.3 Å². The van der Waals surface area contributed by atoms with Gasteiger partial charge in [-0.25, -0.2) is 4.98 Å². The zero-order valence-corrected chi connectivity index (χ0v) is 14.4. The van der Waals surface area contributed by atoms with Crippen LogP contribution in [0.4, 0.5) is 5.69 Å². The summed E-state index contributed by atoms with van der Waals surface area (Å²) in [5.41, 5.74) is 2.06. The first-order valence-corrected chi connectivity index (χ1v) is 8.13. The Labute approximate surface area is 143 Å². The molecule has 0 atom stereocenters. The maximum absolute atomic E-state index is 12.6. The quantitative estimate of drug-likeness (QED) is 0.770. The lowest BCUT2D eigenvalue weighted by molar-refractivity contribution is 0.102. The normalized spacial score (nSPS) is 10.5. The Morgan fingerprint density at radius 3 is 2.67 bits per heavy atom. The number of thiazole rings is 1. The van der Waals surface area contributed by atoms with Crippen LogP contribution in [-0.4, -0.2) is 29.7 Å². The molecule has 0 unspecified atom stereocenters. The average molecular weight is 343 g/mol. The summed E-state index contributed by atoms with van der Waals surface area (Å²) in [6.45, 7) is 1.92. The van der Waals surface area contributed by atoms with Crippen molar-refractivity contribution in [2.75, 3.05) is 19.5 Å². The first-order chi connectivity index (χ1) is 11.6. The molecule has 0 aliphatic carbocycles. The van der Waals surface area contributed by atoms with Crippen molar-refractivity contribution in [1.29, 1.82) is 0 Å². The van der Waals surface area contributed by atoms with Crippen molar-refractivity contribution in [1.82, 2.24) is 9.55 Å². The molecule has 0 aliphatic heterocycles. The van der Waals surface area contributed by atoms with Gasteiger partial charge in [0.15, 0.2) is 16.6 Å². The van der Waals surface area contributed by atoms with Gasteiger partial charge in [0.2, 0.25) is 0 Å². The van der Waals surface area contributed by atoms with Crippen LogP contribution >= 0.6 is 11.3 Å². The van der Waals surface area contributed by atoms with Gasteiger partial charge in [-0.15, -0.1) is 11.3 Å². The summed E-state index contributed by atoms with van der Waals surface area (Å²) < 4.78 is 12.2. The highest BCUT2D eigenvalue weighted by Crippen LogP contribution is 2.30. The van der Waals surface area contributed by atoms with E-state index in [4.69, 9.17) is 9.47 Å². The van der Waals surface area contributed by atoms with E-state index in [-0.39, 0.29) is 5.91 Å². The monoisotopic (exact) mass is 343 g/mol. The number of nitrogens with zero attached hydrogens (tertiary/aromatic N) is 2. The number of amides is 1. The second kappa shape index (κ2) is 6.76. The fourth-order valence-corrected chi connectivity index (χ4v) is 3.09. The number of carbonyl (C=O) groups excluding carboxylic acids is 1. The summed E-state index contributed by atoms with van der Waals surface area (Å²) in [7, 11) is 3.12. The molecule has 1 amide bonds. The van der Waals surface area contributed by atoms with Crippen LogP contribution in [0.1, 0.15) is 16.2 Å². The van der Waals surface area contributed by atoms with Crippen LogP contribution < -0.4 is 14.8 Å². The molecular formula is C17H17N3O3S. The molecule has 3 rings (SSSR count). The lowest BCUT2D eigenvalue weighted by atomic mass is 10.2. The molecule has 0 bridgehead atoms. The van der Waals surface area contributed by atoms with Gasteiger partial charge in [-0.1, -0.05) is 0 Å². The summed E-state index contributed by atoms with van der Waals surface area (Å²) in [4.78, 5) is 17.0. The summed E-state index contributed by atoms with van der Waals surface area (Å²) in [5.74, 6) is 0.943. The summed E-state index contributed by atoms with van der Waals surface area (Å²) in [6, 6.07) is 8.81. The van der Waals surface area contributed by atoms with Gasteiger partial charge in [-0.05, 0) is 31.2 Å². The molecule has 24 heavy (non-hydrogen) atoms. The summed E-state index contributed by atoms with van der Waals surface area (Å²) in [6.07, 6.45) is 1.82. The average Bonchev–Trinajstić information content (AvgIpc) is 3.23. The minimum absolute atomic E-state index is 0.222. The molecule has 0 radical (unpaired) electrons. The van der Waals surface area contributed by atoms with Crippen LogP contribution in [0.2, 0.25) is 0 Å². The van der Waals surface area contributed by atoms with Crippen molar-refractivity contribution in [2.24, 2.45) is 0 Å². The highest BCUT2D eigenvalue weighted by molar-refractivity contribution is 7.12. The molecule has 2 aromatic heterocycles. The molecular weight excluding hydrogens is 326 g/mol. The van der Waals surface area contributed by atoms with Crippen molar-refractivity contribution in [2.45, 2.75) is 6.92 Å². The molecule has 2 heterocycles. The number of benzene rings is 1. The highest BCUT2D eigenvalue weighted by atomic mass is 32.1. The molecule has 0 spiro atoms. The Balaban J connectivity index is 1.85.